The normalized spacial score (nSPS) is 12.7. The number of nitrogens with one attached hydrogen (secondary N) is 2. The van der Waals surface area contributed by atoms with Crippen molar-refractivity contribution in [1.82, 2.24) is 10.0 Å². The number of halogens is 3. The second kappa shape index (κ2) is 7.71. The van der Waals surface area contributed by atoms with Crippen LogP contribution in [0.2, 0.25) is 8.67 Å². The van der Waals surface area contributed by atoms with Crippen LogP contribution in [0, 0.1) is 0 Å². The summed E-state index contributed by atoms with van der Waals surface area (Å²) in [6.45, 7) is 1.37. The maximum Gasteiger partial charge on any atom is 0.266 e. The summed E-state index contributed by atoms with van der Waals surface area (Å²) in [5.41, 5.74) is 0. The molecular formula is C12H9BrCl2N2O4S3. The van der Waals surface area contributed by atoms with Gasteiger partial charge in [-0.05, 0) is 41.1 Å². The topological polar surface area (TPSA) is 92.3 Å². The predicted molar refractivity (Wildman–Crippen MR) is 98.6 cm³/mol. The lowest BCUT2D eigenvalue weighted by Crippen LogP contribution is -2.46. The van der Waals surface area contributed by atoms with Crippen molar-refractivity contribution in [2.75, 3.05) is 0 Å². The summed E-state index contributed by atoms with van der Waals surface area (Å²) < 4.78 is 27.1. The maximum absolute atomic E-state index is 12.2. The van der Waals surface area contributed by atoms with E-state index in [4.69, 9.17) is 23.2 Å². The van der Waals surface area contributed by atoms with E-state index >= 15 is 0 Å². The molecule has 0 fully saturated rings. The van der Waals surface area contributed by atoms with Crippen LogP contribution in [0.25, 0.3) is 0 Å². The Hall–Kier alpha value is -0.650. The Bertz CT molecular complexity index is 894. The molecule has 0 saturated carbocycles. The van der Waals surface area contributed by atoms with Crippen LogP contribution >= 0.6 is 61.8 Å². The van der Waals surface area contributed by atoms with Gasteiger partial charge in [-0.15, -0.1) is 22.7 Å². The SMILES string of the molecule is CC(NC(=O)c1ccc(Br)s1)C(=O)NS(=O)(=O)c1cc(Cl)sc1Cl. The number of rotatable bonds is 5. The molecule has 12 heteroatoms. The molecule has 0 aliphatic carbocycles. The molecule has 1 unspecified atom stereocenters. The fourth-order valence-electron chi connectivity index (χ4n) is 1.55. The summed E-state index contributed by atoms with van der Waals surface area (Å²) in [6.07, 6.45) is 0. The molecule has 2 amide bonds. The number of hydrogen-bond donors (Lipinski definition) is 2. The molecule has 1 atom stereocenters. The van der Waals surface area contributed by atoms with Crippen molar-refractivity contribution in [3.05, 3.63) is 35.5 Å². The molecular weight excluding hydrogens is 483 g/mol. The summed E-state index contributed by atoms with van der Waals surface area (Å²) in [5.74, 6) is -1.38. The number of carbonyl (C=O) groups excluding carboxylic acids is 2. The first-order chi connectivity index (χ1) is 11.1. The van der Waals surface area contributed by atoms with Crippen molar-refractivity contribution in [3.8, 4) is 0 Å². The molecule has 0 aliphatic rings. The molecule has 6 nitrogen and oxygen atoms in total. The third kappa shape index (κ3) is 4.70. The molecule has 0 radical (unpaired) electrons. The molecule has 2 rings (SSSR count). The van der Waals surface area contributed by atoms with Crippen LogP contribution < -0.4 is 10.0 Å². The fourth-order valence-corrected chi connectivity index (χ4v) is 6.05. The van der Waals surface area contributed by atoms with Crippen LogP contribution in [0.5, 0.6) is 0 Å². The average Bonchev–Trinajstić information content (AvgIpc) is 3.04. The molecule has 2 aromatic rings. The maximum atomic E-state index is 12.2. The van der Waals surface area contributed by atoms with E-state index in [1.807, 2.05) is 4.72 Å². The first-order valence-corrected chi connectivity index (χ1v) is 10.8. The Labute approximate surface area is 164 Å². The van der Waals surface area contributed by atoms with Crippen LogP contribution in [0.15, 0.2) is 26.9 Å². The highest BCUT2D eigenvalue weighted by Crippen LogP contribution is 2.34. The van der Waals surface area contributed by atoms with Gasteiger partial charge in [0.1, 0.15) is 15.3 Å². The molecule has 24 heavy (non-hydrogen) atoms. The fraction of sp³-hybridized carbons (Fsp3) is 0.167. The number of thiophene rings is 2. The molecule has 0 bridgehead atoms. The van der Waals surface area contributed by atoms with Crippen molar-refractivity contribution in [3.63, 3.8) is 0 Å². The van der Waals surface area contributed by atoms with E-state index in [1.165, 1.54) is 18.3 Å². The largest absolute Gasteiger partial charge is 0.340 e. The minimum absolute atomic E-state index is 0.0552. The zero-order chi connectivity index (χ0) is 18.1. The molecule has 130 valence electrons. The van der Waals surface area contributed by atoms with E-state index in [-0.39, 0.29) is 13.6 Å². The number of carbonyl (C=O) groups is 2. The second-order valence-corrected chi connectivity index (χ2v) is 10.9. The summed E-state index contributed by atoms with van der Waals surface area (Å²) >= 11 is 16.8. The lowest BCUT2D eigenvalue weighted by molar-refractivity contribution is -0.120. The predicted octanol–water partition coefficient (Wildman–Crippen LogP) is 3.50. The van der Waals surface area contributed by atoms with E-state index in [0.29, 0.717) is 4.88 Å². The summed E-state index contributed by atoms with van der Waals surface area (Å²) in [4.78, 5) is 24.1. The van der Waals surface area contributed by atoms with E-state index in [0.717, 1.165) is 21.2 Å². The Morgan fingerprint density at radius 2 is 1.92 bits per heavy atom. The van der Waals surface area contributed by atoms with Gasteiger partial charge in [-0.1, -0.05) is 23.2 Å². The van der Waals surface area contributed by atoms with Gasteiger partial charge >= 0.3 is 0 Å². The quantitative estimate of drug-likeness (QED) is 0.669. The van der Waals surface area contributed by atoms with Crippen molar-refractivity contribution < 1.29 is 18.0 Å². The van der Waals surface area contributed by atoms with E-state index in [1.54, 1.807) is 12.1 Å². The minimum Gasteiger partial charge on any atom is -0.340 e. The Morgan fingerprint density at radius 3 is 2.42 bits per heavy atom. The number of sulfonamides is 1. The lowest BCUT2D eigenvalue weighted by Gasteiger charge is -2.13. The first-order valence-electron chi connectivity index (χ1n) is 6.18. The molecule has 0 spiro atoms. The zero-order valence-corrected chi connectivity index (χ0v) is 17.3. The van der Waals surface area contributed by atoms with Gasteiger partial charge in [0.15, 0.2) is 0 Å². The number of amides is 2. The smallest absolute Gasteiger partial charge is 0.266 e. The summed E-state index contributed by atoms with van der Waals surface area (Å²) in [5, 5.41) is 2.42. The van der Waals surface area contributed by atoms with E-state index in [9.17, 15) is 18.0 Å². The highest BCUT2D eigenvalue weighted by molar-refractivity contribution is 9.11. The lowest BCUT2D eigenvalue weighted by atomic mass is 10.3. The Balaban J connectivity index is 2.06. The zero-order valence-electron chi connectivity index (χ0n) is 11.8. The van der Waals surface area contributed by atoms with Gasteiger partial charge in [0.2, 0.25) is 0 Å². The van der Waals surface area contributed by atoms with Crippen molar-refractivity contribution in [1.29, 1.82) is 0 Å². The third-order valence-electron chi connectivity index (χ3n) is 2.69. The number of hydrogen-bond acceptors (Lipinski definition) is 6. The van der Waals surface area contributed by atoms with Crippen LogP contribution in [-0.4, -0.2) is 26.3 Å². The van der Waals surface area contributed by atoms with Gasteiger partial charge in [-0.2, -0.15) is 0 Å². The Kier molecular flexibility index (Phi) is 6.32. The second-order valence-electron chi connectivity index (χ2n) is 4.46. The van der Waals surface area contributed by atoms with Crippen molar-refractivity contribution in [2.45, 2.75) is 17.9 Å². The van der Waals surface area contributed by atoms with Crippen LogP contribution in [0.3, 0.4) is 0 Å². The summed E-state index contributed by atoms with van der Waals surface area (Å²) in [6, 6.07) is 3.35. The average molecular weight is 492 g/mol. The highest BCUT2D eigenvalue weighted by atomic mass is 79.9. The molecule has 0 aliphatic heterocycles. The standard InChI is InChI=1S/C12H9BrCl2N2O4S3/c1-5(16-12(19)6-2-3-8(13)22-6)11(18)17-24(20,21)7-4-9(14)23-10(7)15/h2-5H,1H3,(H,16,19)(H,17,18). The van der Waals surface area contributed by atoms with Crippen LogP contribution in [-0.2, 0) is 14.8 Å². The molecule has 2 aromatic heterocycles. The Morgan fingerprint density at radius 1 is 1.25 bits per heavy atom. The van der Waals surface area contributed by atoms with Gasteiger partial charge in [0.05, 0.1) is 13.0 Å². The van der Waals surface area contributed by atoms with Gasteiger partial charge in [0.25, 0.3) is 21.8 Å². The molecule has 2 N–H and O–H groups in total. The van der Waals surface area contributed by atoms with Crippen LogP contribution in [0.1, 0.15) is 16.6 Å². The van der Waals surface area contributed by atoms with Crippen molar-refractivity contribution in [2.24, 2.45) is 0 Å². The third-order valence-corrected chi connectivity index (χ3v) is 7.41. The van der Waals surface area contributed by atoms with E-state index in [2.05, 4.69) is 21.2 Å². The van der Waals surface area contributed by atoms with Gasteiger partial charge in [-0.3, -0.25) is 9.59 Å². The minimum atomic E-state index is -4.17. The van der Waals surface area contributed by atoms with Gasteiger partial charge in [-0.25, -0.2) is 13.1 Å². The molecule has 0 aromatic carbocycles. The first kappa shape index (κ1) is 19.7. The van der Waals surface area contributed by atoms with Crippen LogP contribution in [0.4, 0.5) is 0 Å². The monoisotopic (exact) mass is 490 g/mol. The van der Waals surface area contributed by atoms with Gasteiger partial charge in [0, 0.05) is 0 Å². The van der Waals surface area contributed by atoms with Crippen molar-refractivity contribution >= 4 is 83.6 Å². The molecule has 0 saturated heterocycles. The highest BCUT2D eigenvalue weighted by Gasteiger charge is 2.26. The van der Waals surface area contributed by atoms with Gasteiger partial charge < -0.3 is 5.32 Å². The van der Waals surface area contributed by atoms with E-state index < -0.39 is 27.9 Å². The summed E-state index contributed by atoms with van der Waals surface area (Å²) in [7, 11) is -4.17. The molecule has 2 heterocycles.